The second-order valence-electron chi connectivity index (χ2n) is 10.6. The van der Waals surface area contributed by atoms with Crippen LogP contribution in [0.15, 0.2) is 12.1 Å². The van der Waals surface area contributed by atoms with Crippen LogP contribution in [0.4, 0.5) is 26.3 Å². The summed E-state index contributed by atoms with van der Waals surface area (Å²) < 4.78 is 81.5. The number of piperazine rings is 1. The molecule has 3 aliphatic rings. The number of hydrogen-bond acceptors (Lipinski definition) is 4. The summed E-state index contributed by atoms with van der Waals surface area (Å²) in [5.74, 6) is -1.66. The van der Waals surface area contributed by atoms with Gasteiger partial charge in [-0.05, 0) is 55.4 Å². The number of carbonyl (C=O) groups is 3. The Morgan fingerprint density at radius 1 is 1.00 bits per heavy atom. The zero-order valence-electron chi connectivity index (χ0n) is 20.2. The van der Waals surface area contributed by atoms with E-state index in [0.717, 1.165) is 6.07 Å². The molecule has 3 aliphatic heterocycles. The fourth-order valence-corrected chi connectivity index (χ4v) is 5.68. The van der Waals surface area contributed by atoms with E-state index in [1.807, 2.05) is 0 Å². The number of amides is 1. The Bertz CT molecular complexity index is 1090. The summed E-state index contributed by atoms with van der Waals surface area (Å²) in [5.41, 5.74) is -4.05. The molecule has 2 saturated heterocycles. The lowest BCUT2D eigenvalue weighted by Crippen LogP contribution is -2.70. The van der Waals surface area contributed by atoms with Gasteiger partial charge in [0.1, 0.15) is 0 Å². The summed E-state index contributed by atoms with van der Waals surface area (Å²) in [4.78, 5) is 41.9. The molecule has 0 aromatic heterocycles. The predicted octanol–water partition coefficient (Wildman–Crippen LogP) is 4.79. The first-order valence-electron chi connectivity index (χ1n) is 12.0. The molecule has 36 heavy (non-hydrogen) atoms. The van der Waals surface area contributed by atoms with Gasteiger partial charge in [0, 0.05) is 18.0 Å². The van der Waals surface area contributed by atoms with E-state index < -0.39 is 71.0 Å². The summed E-state index contributed by atoms with van der Waals surface area (Å²) in [6, 6.07) is -1.04. The maximum atomic E-state index is 13.8. The lowest BCUT2D eigenvalue weighted by atomic mass is 9.77. The molecule has 0 aliphatic carbocycles. The number of hydrogen-bond donors (Lipinski definition) is 0. The first-order chi connectivity index (χ1) is 16.6. The van der Waals surface area contributed by atoms with Crippen LogP contribution in [0.1, 0.15) is 68.7 Å². The highest BCUT2D eigenvalue weighted by molar-refractivity contribution is 6.39. The molecule has 1 aromatic carbocycles. The Morgan fingerprint density at radius 3 is 2.25 bits per heavy atom. The van der Waals surface area contributed by atoms with Crippen LogP contribution in [0.25, 0.3) is 0 Å². The minimum absolute atomic E-state index is 0.0929. The number of nitrogens with zero attached hydrogens (tertiary/aromatic N) is 2. The summed E-state index contributed by atoms with van der Waals surface area (Å²) in [6.45, 7) is 4.36. The van der Waals surface area contributed by atoms with Gasteiger partial charge in [-0.15, -0.1) is 0 Å². The average molecular weight is 518 g/mol. The number of piperidine rings is 1. The van der Waals surface area contributed by atoms with Crippen molar-refractivity contribution >= 4 is 17.5 Å². The minimum Gasteiger partial charge on any atom is -0.332 e. The highest BCUT2D eigenvalue weighted by atomic mass is 19.4. The van der Waals surface area contributed by atoms with Crippen molar-refractivity contribution in [3.63, 3.8) is 0 Å². The summed E-state index contributed by atoms with van der Waals surface area (Å²) in [7, 11) is 0. The van der Waals surface area contributed by atoms with Gasteiger partial charge in [-0.25, -0.2) is 0 Å². The van der Waals surface area contributed by atoms with Crippen LogP contribution < -0.4 is 0 Å². The molecule has 0 N–H and O–H groups in total. The topological polar surface area (TPSA) is 57.7 Å². The monoisotopic (exact) mass is 518 g/mol. The minimum atomic E-state index is -5.02. The van der Waals surface area contributed by atoms with E-state index in [2.05, 4.69) is 0 Å². The van der Waals surface area contributed by atoms with Crippen molar-refractivity contribution in [3.05, 3.63) is 34.4 Å². The van der Waals surface area contributed by atoms with E-state index >= 15 is 0 Å². The smallest absolute Gasteiger partial charge is 0.332 e. The maximum Gasteiger partial charge on any atom is 0.416 e. The average Bonchev–Trinajstić information content (AvgIpc) is 2.79. The van der Waals surface area contributed by atoms with Crippen LogP contribution in [-0.2, 0) is 39.7 Å². The summed E-state index contributed by atoms with van der Waals surface area (Å²) >= 11 is 0. The molecule has 2 fully saturated rings. The molecule has 1 aromatic rings. The normalized spacial score (nSPS) is 24.9. The third kappa shape index (κ3) is 4.54. The van der Waals surface area contributed by atoms with Crippen molar-refractivity contribution in [1.82, 2.24) is 9.80 Å². The molecule has 3 heterocycles. The fourth-order valence-electron chi connectivity index (χ4n) is 5.68. The molecule has 0 radical (unpaired) electrons. The molecule has 5 nitrogen and oxygen atoms in total. The molecule has 11 heteroatoms. The van der Waals surface area contributed by atoms with E-state index in [9.17, 15) is 40.7 Å². The molecule has 198 valence electrons. The zero-order valence-corrected chi connectivity index (χ0v) is 20.2. The summed E-state index contributed by atoms with van der Waals surface area (Å²) in [6.07, 6.45) is -8.18. The second-order valence-corrected chi connectivity index (χ2v) is 10.6. The molecular formula is C25H28F6N2O3. The Balaban J connectivity index is 1.71. The van der Waals surface area contributed by atoms with Crippen LogP contribution in [-0.4, -0.2) is 51.9 Å². The second kappa shape index (κ2) is 8.85. The number of carbonyl (C=O) groups excluding carboxylic acids is 3. The lowest BCUT2D eigenvalue weighted by Gasteiger charge is -2.55. The van der Waals surface area contributed by atoms with E-state index in [1.165, 1.54) is 4.90 Å². The van der Waals surface area contributed by atoms with Gasteiger partial charge in [-0.2, -0.15) is 26.3 Å². The zero-order chi connectivity index (χ0) is 26.8. The Kier molecular flexibility index (Phi) is 6.54. The van der Waals surface area contributed by atoms with Crippen LogP contribution in [0.2, 0.25) is 0 Å². The van der Waals surface area contributed by atoms with Crippen molar-refractivity contribution in [2.75, 3.05) is 6.54 Å². The lowest BCUT2D eigenvalue weighted by molar-refractivity contribution is -0.161. The number of halogens is 6. The third-order valence-corrected chi connectivity index (χ3v) is 8.03. The van der Waals surface area contributed by atoms with Gasteiger partial charge in [0.25, 0.3) is 0 Å². The van der Waals surface area contributed by atoms with E-state index in [-0.39, 0.29) is 30.2 Å². The molecule has 0 saturated carbocycles. The van der Waals surface area contributed by atoms with E-state index in [0.29, 0.717) is 25.7 Å². The SMILES string of the molecule is CCC(C)(C)C(=O)C(=O)CN1C2CCCC1[C@@H]1Cc3cc(C(F)(F)F)cc(C(F)(F)F)c3CN1C2=O. The first kappa shape index (κ1) is 26.6. The predicted molar refractivity (Wildman–Crippen MR) is 117 cm³/mol. The van der Waals surface area contributed by atoms with Crippen LogP contribution in [0, 0.1) is 5.41 Å². The highest BCUT2D eigenvalue weighted by Gasteiger charge is 2.52. The van der Waals surface area contributed by atoms with Crippen molar-refractivity contribution in [2.45, 2.75) is 89.9 Å². The van der Waals surface area contributed by atoms with Crippen LogP contribution >= 0.6 is 0 Å². The molecular weight excluding hydrogens is 490 g/mol. The highest BCUT2D eigenvalue weighted by Crippen LogP contribution is 2.44. The Morgan fingerprint density at radius 2 is 1.67 bits per heavy atom. The number of Topliss-reactive ketones (excluding diaryl/α,β-unsaturated/α-hetero) is 2. The first-order valence-corrected chi connectivity index (χ1v) is 12.0. The van der Waals surface area contributed by atoms with Crippen molar-refractivity contribution in [1.29, 1.82) is 0 Å². The van der Waals surface area contributed by atoms with Crippen molar-refractivity contribution in [3.8, 4) is 0 Å². The third-order valence-electron chi connectivity index (χ3n) is 8.03. The van der Waals surface area contributed by atoms with Gasteiger partial charge in [-0.1, -0.05) is 20.8 Å². The van der Waals surface area contributed by atoms with Gasteiger partial charge in [0.15, 0.2) is 0 Å². The van der Waals surface area contributed by atoms with Gasteiger partial charge < -0.3 is 4.90 Å². The quantitative estimate of drug-likeness (QED) is 0.416. The molecule has 0 spiro atoms. The molecule has 3 atom stereocenters. The molecule has 4 rings (SSSR count). The number of benzene rings is 1. The molecule has 2 unspecified atom stereocenters. The van der Waals surface area contributed by atoms with Gasteiger partial charge in [0.2, 0.25) is 17.5 Å². The van der Waals surface area contributed by atoms with Gasteiger partial charge in [0.05, 0.1) is 29.8 Å². The number of ketones is 2. The molecule has 2 bridgehead atoms. The Labute approximate surface area is 204 Å². The van der Waals surface area contributed by atoms with Gasteiger partial charge >= 0.3 is 12.4 Å². The van der Waals surface area contributed by atoms with Gasteiger partial charge in [-0.3, -0.25) is 19.3 Å². The maximum absolute atomic E-state index is 13.8. The van der Waals surface area contributed by atoms with Crippen molar-refractivity contribution in [2.24, 2.45) is 5.41 Å². The molecule has 1 amide bonds. The fraction of sp³-hybridized carbons (Fsp3) is 0.640. The van der Waals surface area contributed by atoms with Crippen LogP contribution in [0.5, 0.6) is 0 Å². The van der Waals surface area contributed by atoms with Crippen molar-refractivity contribution < 1.29 is 40.7 Å². The largest absolute Gasteiger partial charge is 0.416 e. The summed E-state index contributed by atoms with van der Waals surface area (Å²) in [5, 5.41) is 0. The number of rotatable bonds is 5. The Hall–Kier alpha value is -2.43. The number of alkyl halides is 6. The van der Waals surface area contributed by atoms with Crippen LogP contribution in [0.3, 0.4) is 0 Å². The number of fused-ring (bicyclic) bond motifs is 5. The van der Waals surface area contributed by atoms with E-state index in [1.54, 1.807) is 25.7 Å². The standard InChI is InChI=1S/C25H28F6N2O3/c1-4-23(2,3)21(35)20(34)12-32-17-6-5-7-18(32)22(36)33-11-15-13(9-19(17)33)8-14(24(26,27)28)10-16(15)25(29,30)31/h8,10,17-19H,4-7,9,11-12H2,1-3H3/t17?,18?,19-/m0/s1. The van der Waals surface area contributed by atoms with E-state index in [4.69, 9.17) is 0 Å².